The summed E-state index contributed by atoms with van der Waals surface area (Å²) < 4.78 is 5.33. The summed E-state index contributed by atoms with van der Waals surface area (Å²) in [4.78, 5) is 14.5. The number of furan rings is 1. The van der Waals surface area contributed by atoms with E-state index >= 15 is 0 Å². The lowest BCUT2D eigenvalue weighted by Crippen LogP contribution is -2.32. The van der Waals surface area contributed by atoms with E-state index in [4.69, 9.17) is 10.2 Å². The molecule has 4 nitrogen and oxygen atoms in total. The summed E-state index contributed by atoms with van der Waals surface area (Å²) in [7, 11) is 0. The van der Waals surface area contributed by atoms with Gasteiger partial charge in [0.15, 0.2) is 5.76 Å². The third-order valence-electron chi connectivity index (χ3n) is 3.64. The van der Waals surface area contributed by atoms with Crippen molar-refractivity contribution in [2.24, 2.45) is 0 Å². The minimum atomic E-state index is -0.0215. The molecule has 0 aliphatic heterocycles. The van der Waals surface area contributed by atoms with Crippen molar-refractivity contribution in [3.05, 3.63) is 53.5 Å². The highest BCUT2D eigenvalue weighted by atomic mass is 16.3. The molecule has 2 N–H and O–H groups in total. The molecular formula is C16H18N2O2. The molecule has 0 spiro atoms. The van der Waals surface area contributed by atoms with Gasteiger partial charge in [-0.25, -0.2) is 0 Å². The van der Waals surface area contributed by atoms with Gasteiger partial charge in [0, 0.05) is 23.8 Å². The number of hydrogen-bond donors (Lipinski definition) is 1. The zero-order valence-corrected chi connectivity index (χ0v) is 11.5. The predicted molar refractivity (Wildman–Crippen MR) is 77.2 cm³/mol. The van der Waals surface area contributed by atoms with Crippen LogP contribution in [0, 0.1) is 6.92 Å². The topological polar surface area (TPSA) is 59.5 Å². The number of amides is 1. The van der Waals surface area contributed by atoms with Gasteiger partial charge in [0.2, 0.25) is 0 Å². The van der Waals surface area contributed by atoms with E-state index in [2.05, 4.69) is 0 Å². The number of anilines is 1. The summed E-state index contributed by atoms with van der Waals surface area (Å²) in [6, 6.07) is 9.82. The summed E-state index contributed by atoms with van der Waals surface area (Å²) in [5.41, 5.74) is 8.40. The minimum Gasteiger partial charge on any atom is -0.459 e. The van der Waals surface area contributed by atoms with Gasteiger partial charge in [-0.1, -0.05) is 12.1 Å². The Morgan fingerprint density at radius 2 is 2.00 bits per heavy atom. The average Bonchev–Trinajstić information content (AvgIpc) is 3.19. The lowest BCUT2D eigenvalue weighted by Gasteiger charge is -2.22. The molecule has 1 aromatic carbocycles. The number of rotatable bonds is 4. The number of hydrogen-bond acceptors (Lipinski definition) is 3. The zero-order chi connectivity index (χ0) is 14.1. The predicted octanol–water partition coefficient (Wildman–Crippen LogP) is 2.98. The molecule has 20 heavy (non-hydrogen) atoms. The molecule has 1 aliphatic carbocycles. The summed E-state index contributed by atoms with van der Waals surface area (Å²) >= 11 is 0. The smallest absolute Gasteiger partial charge is 0.290 e. The van der Waals surface area contributed by atoms with E-state index in [1.165, 1.54) is 0 Å². The number of aryl methyl sites for hydroxylation is 1. The van der Waals surface area contributed by atoms with Crippen molar-refractivity contribution in [3.8, 4) is 0 Å². The molecule has 1 aromatic heterocycles. The quantitative estimate of drug-likeness (QED) is 0.869. The Morgan fingerprint density at radius 3 is 2.55 bits per heavy atom. The van der Waals surface area contributed by atoms with E-state index in [9.17, 15) is 4.79 Å². The first kappa shape index (κ1) is 12.8. The van der Waals surface area contributed by atoms with E-state index in [1.807, 2.05) is 42.2 Å². The Morgan fingerprint density at radius 1 is 1.30 bits per heavy atom. The Kier molecular flexibility index (Phi) is 3.22. The highest BCUT2D eigenvalue weighted by molar-refractivity contribution is 5.93. The number of benzene rings is 1. The SMILES string of the molecule is Cc1ccoc1C(=O)N(Cc1ccc(N)cc1)C1CC1. The second-order valence-corrected chi connectivity index (χ2v) is 5.34. The van der Waals surface area contributed by atoms with Gasteiger partial charge in [0.25, 0.3) is 5.91 Å². The minimum absolute atomic E-state index is 0.0215. The Balaban J connectivity index is 1.81. The van der Waals surface area contributed by atoms with E-state index in [0.717, 1.165) is 29.7 Å². The maximum Gasteiger partial charge on any atom is 0.290 e. The van der Waals surface area contributed by atoms with Crippen LogP contribution in [0.15, 0.2) is 41.0 Å². The summed E-state index contributed by atoms with van der Waals surface area (Å²) in [5.74, 6) is 0.430. The van der Waals surface area contributed by atoms with Crippen molar-refractivity contribution < 1.29 is 9.21 Å². The molecule has 2 aromatic rings. The normalized spacial score (nSPS) is 14.2. The summed E-state index contributed by atoms with van der Waals surface area (Å²) in [5, 5.41) is 0. The molecule has 1 amide bonds. The van der Waals surface area contributed by atoms with Crippen LogP contribution in [0.1, 0.15) is 34.5 Å². The number of nitrogens with two attached hydrogens (primary N) is 1. The Hall–Kier alpha value is -2.23. The van der Waals surface area contributed by atoms with Crippen LogP contribution in [0.3, 0.4) is 0 Å². The van der Waals surface area contributed by atoms with Crippen LogP contribution in [0.5, 0.6) is 0 Å². The number of nitrogen functional groups attached to an aromatic ring is 1. The lowest BCUT2D eigenvalue weighted by atomic mass is 10.1. The fraction of sp³-hybridized carbons (Fsp3) is 0.312. The number of nitrogens with zero attached hydrogens (tertiary/aromatic N) is 1. The van der Waals surface area contributed by atoms with Crippen LogP contribution in [0.2, 0.25) is 0 Å². The molecule has 1 saturated carbocycles. The van der Waals surface area contributed by atoms with Crippen molar-refractivity contribution in [1.82, 2.24) is 4.90 Å². The molecule has 1 fully saturated rings. The maximum atomic E-state index is 12.6. The average molecular weight is 270 g/mol. The molecule has 0 atom stereocenters. The van der Waals surface area contributed by atoms with Gasteiger partial charge in [-0.3, -0.25) is 4.79 Å². The molecule has 0 bridgehead atoms. The molecule has 1 aliphatic rings. The van der Waals surface area contributed by atoms with E-state index in [1.54, 1.807) is 6.26 Å². The molecule has 4 heteroatoms. The van der Waals surface area contributed by atoms with Crippen molar-refractivity contribution in [2.75, 3.05) is 5.73 Å². The van der Waals surface area contributed by atoms with Crippen LogP contribution >= 0.6 is 0 Å². The van der Waals surface area contributed by atoms with E-state index in [-0.39, 0.29) is 5.91 Å². The van der Waals surface area contributed by atoms with Crippen molar-refractivity contribution in [2.45, 2.75) is 32.4 Å². The maximum absolute atomic E-state index is 12.6. The van der Waals surface area contributed by atoms with Crippen LogP contribution in [-0.4, -0.2) is 16.8 Å². The number of carbonyl (C=O) groups excluding carboxylic acids is 1. The van der Waals surface area contributed by atoms with Crippen LogP contribution in [0.4, 0.5) is 5.69 Å². The van der Waals surface area contributed by atoms with E-state index in [0.29, 0.717) is 18.3 Å². The fourth-order valence-electron chi connectivity index (χ4n) is 2.29. The largest absolute Gasteiger partial charge is 0.459 e. The third-order valence-corrected chi connectivity index (χ3v) is 3.64. The van der Waals surface area contributed by atoms with Crippen LogP contribution < -0.4 is 5.73 Å². The van der Waals surface area contributed by atoms with Crippen molar-refractivity contribution >= 4 is 11.6 Å². The second-order valence-electron chi connectivity index (χ2n) is 5.34. The highest BCUT2D eigenvalue weighted by Crippen LogP contribution is 2.30. The summed E-state index contributed by atoms with van der Waals surface area (Å²) in [6.07, 6.45) is 3.71. The van der Waals surface area contributed by atoms with Crippen LogP contribution in [-0.2, 0) is 6.54 Å². The van der Waals surface area contributed by atoms with Gasteiger partial charge in [0.1, 0.15) is 0 Å². The van der Waals surface area contributed by atoms with Gasteiger partial charge in [0.05, 0.1) is 6.26 Å². The van der Waals surface area contributed by atoms with Gasteiger partial charge in [-0.2, -0.15) is 0 Å². The first-order chi connectivity index (χ1) is 9.65. The van der Waals surface area contributed by atoms with Gasteiger partial charge in [-0.05, 0) is 43.5 Å². The van der Waals surface area contributed by atoms with Crippen LogP contribution in [0.25, 0.3) is 0 Å². The first-order valence-corrected chi connectivity index (χ1v) is 6.84. The molecule has 0 saturated heterocycles. The van der Waals surface area contributed by atoms with Crippen molar-refractivity contribution in [1.29, 1.82) is 0 Å². The zero-order valence-electron chi connectivity index (χ0n) is 11.5. The van der Waals surface area contributed by atoms with Gasteiger partial charge in [-0.15, -0.1) is 0 Å². The molecular weight excluding hydrogens is 252 g/mol. The third kappa shape index (κ3) is 2.54. The first-order valence-electron chi connectivity index (χ1n) is 6.84. The molecule has 104 valence electrons. The Bertz CT molecular complexity index is 612. The van der Waals surface area contributed by atoms with Crippen molar-refractivity contribution in [3.63, 3.8) is 0 Å². The fourth-order valence-corrected chi connectivity index (χ4v) is 2.29. The lowest BCUT2D eigenvalue weighted by molar-refractivity contribution is 0.0696. The standard InChI is InChI=1S/C16H18N2O2/c1-11-8-9-20-15(11)16(19)18(14-6-7-14)10-12-2-4-13(17)5-3-12/h2-5,8-9,14H,6-7,10,17H2,1H3. The monoisotopic (exact) mass is 270 g/mol. The second kappa shape index (κ2) is 5.04. The molecule has 0 unspecified atom stereocenters. The molecule has 3 rings (SSSR count). The van der Waals surface area contributed by atoms with Gasteiger partial charge < -0.3 is 15.1 Å². The highest BCUT2D eigenvalue weighted by Gasteiger charge is 2.34. The summed E-state index contributed by atoms with van der Waals surface area (Å²) in [6.45, 7) is 2.49. The number of carbonyl (C=O) groups is 1. The van der Waals surface area contributed by atoms with Gasteiger partial charge >= 0.3 is 0 Å². The molecule has 1 heterocycles. The molecule has 0 radical (unpaired) electrons. The van der Waals surface area contributed by atoms with E-state index < -0.39 is 0 Å². The Labute approximate surface area is 118 Å².